The van der Waals surface area contributed by atoms with E-state index in [0.717, 1.165) is 53.6 Å². The molecule has 2 aliphatic rings. The van der Waals surface area contributed by atoms with Crippen LogP contribution in [-0.2, 0) is 19.1 Å². The van der Waals surface area contributed by atoms with Crippen molar-refractivity contribution in [3.8, 4) is 0 Å². The third kappa shape index (κ3) is 4.71. The van der Waals surface area contributed by atoms with Gasteiger partial charge in [0.2, 0.25) is 0 Å². The van der Waals surface area contributed by atoms with Gasteiger partial charge in [-0.1, -0.05) is 46.9 Å². The molecule has 0 amide bonds. The number of fused-ring (bicyclic) bond motifs is 2. The lowest BCUT2D eigenvalue weighted by Gasteiger charge is -2.31. The fourth-order valence-electron chi connectivity index (χ4n) is 4.76. The number of thiazole rings is 2. The SMILES string of the molecule is CCOC(=O)C1CSc2[nH]c(=O)sc2C1c1ccc(C2c3sc(=O)[nH]c3SCC2C(=O)OCC)cc1. The van der Waals surface area contributed by atoms with Crippen LogP contribution in [0.5, 0.6) is 0 Å². The first-order valence-electron chi connectivity index (χ1n) is 11.6. The highest BCUT2D eigenvalue weighted by molar-refractivity contribution is 7.99. The van der Waals surface area contributed by atoms with Crippen molar-refractivity contribution >= 4 is 58.1 Å². The zero-order valence-electron chi connectivity index (χ0n) is 19.5. The maximum absolute atomic E-state index is 12.8. The van der Waals surface area contributed by atoms with Crippen LogP contribution in [0.15, 0.2) is 43.9 Å². The van der Waals surface area contributed by atoms with Gasteiger partial charge in [-0.25, -0.2) is 0 Å². The van der Waals surface area contributed by atoms with Crippen molar-refractivity contribution in [3.05, 3.63) is 64.5 Å². The second-order valence-electron chi connectivity index (χ2n) is 8.38. The molecule has 36 heavy (non-hydrogen) atoms. The first-order chi connectivity index (χ1) is 17.4. The van der Waals surface area contributed by atoms with E-state index in [1.54, 1.807) is 13.8 Å². The minimum atomic E-state index is -0.417. The van der Waals surface area contributed by atoms with Gasteiger partial charge in [0, 0.05) is 33.1 Å². The molecule has 1 aromatic carbocycles. The summed E-state index contributed by atoms with van der Waals surface area (Å²) in [6, 6.07) is 7.81. The van der Waals surface area contributed by atoms with E-state index in [2.05, 4.69) is 9.97 Å². The molecule has 0 saturated carbocycles. The first-order valence-corrected chi connectivity index (χ1v) is 15.2. The number of carbonyl (C=O) groups excluding carboxylic acids is 2. The average Bonchev–Trinajstić information content (AvgIpc) is 3.43. The molecule has 8 nitrogen and oxygen atoms in total. The standard InChI is InChI=1S/C24H24N2O6S4/c1-3-31-21(27)13-9-33-19-17(35-23(29)25-19)15(13)11-5-7-12(8-6-11)16-14(22(28)32-4-2)10-34-20-18(16)36-24(30)26-20/h5-8,13-16H,3-4,9-10H2,1-2H3,(H,25,29)(H,26,30). The first kappa shape index (κ1) is 25.4. The molecular formula is C24H24N2O6S4. The number of aromatic nitrogens is 2. The highest BCUT2D eigenvalue weighted by Crippen LogP contribution is 2.48. The number of hydrogen-bond donors (Lipinski definition) is 2. The van der Waals surface area contributed by atoms with E-state index in [9.17, 15) is 19.2 Å². The van der Waals surface area contributed by atoms with E-state index < -0.39 is 11.8 Å². The van der Waals surface area contributed by atoms with Crippen LogP contribution in [0.4, 0.5) is 0 Å². The second kappa shape index (κ2) is 10.6. The molecule has 0 radical (unpaired) electrons. The Balaban J connectivity index is 1.54. The van der Waals surface area contributed by atoms with Gasteiger partial charge in [0.05, 0.1) is 35.1 Å². The quantitative estimate of drug-likeness (QED) is 0.431. The average molecular weight is 565 g/mol. The van der Waals surface area contributed by atoms with Gasteiger partial charge in [0.25, 0.3) is 0 Å². The fraction of sp³-hybridized carbons (Fsp3) is 0.417. The van der Waals surface area contributed by atoms with Crippen LogP contribution in [0, 0.1) is 11.8 Å². The third-order valence-electron chi connectivity index (χ3n) is 6.30. The summed E-state index contributed by atoms with van der Waals surface area (Å²) in [7, 11) is 0. The van der Waals surface area contributed by atoms with Crippen LogP contribution in [0.2, 0.25) is 0 Å². The molecule has 12 heteroatoms. The van der Waals surface area contributed by atoms with Gasteiger partial charge in [-0.05, 0) is 25.0 Å². The molecule has 3 aromatic rings. The van der Waals surface area contributed by atoms with Crippen molar-refractivity contribution in [3.63, 3.8) is 0 Å². The Morgan fingerprint density at radius 1 is 0.778 bits per heavy atom. The van der Waals surface area contributed by atoms with Crippen LogP contribution in [0.25, 0.3) is 0 Å². The van der Waals surface area contributed by atoms with E-state index in [4.69, 9.17) is 9.47 Å². The summed E-state index contributed by atoms with van der Waals surface area (Å²) >= 11 is 5.19. The van der Waals surface area contributed by atoms with Gasteiger partial charge in [-0.2, -0.15) is 0 Å². The normalized spacial score (nSPS) is 22.9. The number of aromatic amines is 2. The molecule has 0 spiro atoms. The highest BCUT2D eigenvalue weighted by Gasteiger charge is 2.41. The zero-order chi connectivity index (χ0) is 25.4. The van der Waals surface area contributed by atoms with E-state index in [-0.39, 0.29) is 33.5 Å². The number of nitrogens with one attached hydrogen (secondary N) is 2. The number of H-pyrrole nitrogens is 2. The van der Waals surface area contributed by atoms with E-state index in [1.807, 2.05) is 24.3 Å². The van der Waals surface area contributed by atoms with Crippen molar-refractivity contribution in [1.29, 1.82) is 0 Å². The van der Waals surface area contributed by atoms with Crippen molar-refractivity contribution in [2.75, 3.05) is 24.7 Å². The number of rotatable bonds is 6. The van der Waals surface area contributed by atoms with Crippen molar-refractivity contribution in [1.82, 2.24) is 9.97 Å². The van der Waals surface area contributed by atoms with Crippen LogP contribution < -0.4 is 9.75 Å². The van der Waals surface area contributed by atoms with Gasteiger partial charge < -0.3 is 19.4 Å². The molecule has 4 atom stereocenters. The number of ether oxygens (including phenoxy) is 2. The maximum atomic E-state index is 12.8. The lowest BCUT2D eigenvalue weighted by atomic mass is 9.82. The number of thioether (sulfide) groups is 2. The summed E-state index contributed by atoms with van der Waals surface area (Å²) in [4.78, 5) is 57.1. The number of esters is 2. The van der Waals surface area contributed by atoms with Crippen LogP contribution in [0.3, 0.4) is 0 Å². The molecule has 0 saturated heterocycles. The maximum Gasteiger partial charge on any atom is 0.310 e. The lowest BCUT2D eigenvalue weighted by Crippen LogP contribution is -2.30. The molecule has 2 aliphatic heterocycles. The lowest BCUT2D eigenvalue weighted by molar-refractivity contribution is -0.148. The largest absolute Gasteiger partial charge is 0.466 e. The smallest absolute Gasteiger partial charge is 0.310 e. The molecule has 0 bridgehead atoms. The predicted octanol–water partition coefficient (Wildman–Crippen LogP) is 4.02. The minimum absolute atomic E-state index is 0.148. The van der Waals surface area contributed by atoms with Crippen LogP contribution in [-0.4, -0.2) is 46.6 Å². The number of benzene rings is 1. The molecule has 190 valence electrons. The van der Waals surface area contributed by atoms with Crippen molar-refractivity contribution in [2.45, 2.75) is 35.7 Å². The van der Waals surface area contributed by atoms with Gasteiger partial charge in [0.1, 0.15) is 0 Å². The van der Waals surface area contributed by atoms with E-state index in [0.29, 0.717) is 24.7 Å². The monoisotopic (exact) mass is 564 g/mol. The molecule has 4 heterocycles. The summed E-state index contributed by atoms with van der Waals surface area (Å²) < 4.78 is 10.7. The van der Waals surface area contributed by atoms with Gasteiger partial charge in [-0.3, -0.25) is 19.2 Å². The molecule has 2 N–H and O–H groups in total. The summed E-state index contributed by atoms with van der Waals surface area (Å²) in [5.41, 5.74) is 1.79. The molecule has 0 fully saturated rings. The Hall–Kier alpha value is -2.28. The van der Waals surface area contributed by atoms with Crippen LogP contribution >= 0.6 is 46.2 Å². The van der Waals surface area contributed by atoms with Crippen molar-refractivity contribution in [2.24, 2.45) is 11.8 Å². The Labute approximate surface area is 223 Å². The fourth-order valence-corrected chi connectivity index (χ4v) is 9.56. The summed E-state index contributed by atoms with van der Waals surface area (Å²) in [5.74, 6) is -0.982. The molecule has 4 unspecified atom stereocenters. The van der Waals surface area contributed by atoms with Crippen molar-refractivity contribution < 1.29 is 19.1 Å². The summed E-state index contributed by atoms with van der Waals surface area (Å²) in [6.45, 7) is 4.14. The molecule has 2 aromatic heterocycles. The topological polar surface area (TPSA) is 118 Å². The predicted molar refractivity (Wildman–Crippen MR) is 142 cm³/mol. The molecular weight excluding hydrogens is 541 g/mol. The Kier molecular flexibility index (Phi) is 7.47. The number of hydrogen-bond acceptors (Lipinski definition) is 10. The van der Waals surface area contributed by atoms with E-state index in [1.165, 1.54) is 23.5 Å². The van der Waals surface area contributed by atoms with Gasteiger partial charge in [0.15, 0.2) is 0 Å². The summed E-state index contributed by atoms with van der Waals surface area (Å²) in [5, 5.41) is 1.60. The van der Waals surface area contributed by atoms with Gasteiger partial charge >= 0.3 is 21.7 Å². The second-order valence-corrected chi connectivity index (χ2v) is 12.5. The Morgan fingerprint density at radius 3 is 1.53 bits per heavy atom. The highest BCUT2D eigenvalue weighted by atomic mass is 32.2. The zero-order valence-corrected chi connectivity index (χ0v) is 22.8. The molecule has 0 aliphatic carbocycles. The molecule has 5 rings (SSSR count). The Bertz CT molecular complexity index is 1280. The number of carbonyl (C=O) groups is 2. The summed E-state index contributed by atoms with van der Waals surface area (Å²) in [6.07, 6.45) is 0. The van der Waals surface area contributed by atoms with Gasteiger partial charge in [-0.15, -0.1) is 23.5 Å². The Morgan fingerprint density at radius 2 is 1.17 bits per heavy atom. The van der Waals surface area contributed by atoms with Crippen LogP contribution in [0.1, 0.15) is 46.6 Å². The third-order valence-corrected chi connectivity index (χ3v) is 10.8. The minimum Gasteiger partial charge on any atom is -0.466 e. The van der Waals surface area contributed by atoms with E-state index >= 15 is 0 Å².